The number of halogens is 3. The number of ether oxygens (including phenoxy) is 1. The minimum Gasteiger partial charge on any atom is -0.406 e. The van der Waals surface area contributed by atoms with E-state index in [1.807, 2.05) is 0 Å². The molecule has 5 nitrogen and oxygen atoms in total. The second kappa shape index (κ2) is 6.34. The van der Waals surface area contributed by atoms with Gasteiger partial charge in [-0.1, -0.05) is 11.8 Å². The van der Waals surface area contributed by atoms with E-state index >= 15 is 0 Å². The highest BCUT2D eigenvalue weighted by atomic mass is 32.2. The van der Waals surface area contributed by atoms with Crippen LogP contribution in [0.5, 0.6) is 5.75 Å². The van der Waals surface area contributed by atoms with Gasteiger partial charge >= 0.3 is 6.36 Å². The maximum Gasteiger partial charge on any atom is 0.573 e. The first-order valence-corrected chi connectivity index (χ1v) is 7.43. The largest absolute Gasteiger partial charge is 0.573 e. The van der Waals surface area contributed by atoms with Crippen LogP contribution in [0, 0.1) is 18.3 Å². The van der Waals surface area contributed by atoms with Gasteiger partial charge in [0, 0.05) is 5.56 Å². The lowest BCUT2D eigenvalue weighted by molar-refractivity contribution is -0.274. The lowest BCUT2D eigenvalue weighted by Gasteiger charge is -2.12. The Morgan fingerprint density at radius 1 is 1.39 bits per heavy atom. The third-order valence-electron chi connectivity index (χ3n) is 2.89. The Hall–Kier alpha value is -2.47. The van der Waals surface area contributed by atoms with Gasteiger partial charge in [0.05, 0.1) is 5.69 Å². The first-order valence-electron chi connectivity index (χ1n) is 6.20. The SMILES string of the molecule is CSc1nc(-c2ccc(OC(F)(F)F)cc2C)c(C#N)c(=O)[nH]1. The van der Waals surface area contributed by atoms with Crippen LogP contribution in [0.4, 0.5) is 13.2 Å². The second-order valence-electron chi connectivity index (χ2n) is 4.44. The average molecular weight is 341 g/mol. The van der Waals surface area contributed by atoms with Crippen molar-refractivity contribution in [3.63, 3.8) is 0 Å². The van der Waals surface area contributed by atoms with Gasteiger partial charge in [-0.2, -0.15) is 5.26 Å². The molecule has 0 aliphatic heterocycles. The van der Waals surface area contributed by atoms with Gasteiger partial charge in [0.2, 0.25) is 0 Å². The number of hydrogen-bond donors (Lipinski definition) is 1. The summed E-state index contributed by atoms with van der Waals surface area (Å²) in [5, 5.41) is 9.44. The zero-order chi connectivity index (χ0) is 17.2. The molecule has 1 aromatic heterocycles. The standard InChI is InChI=1S/C14H10F3N3O2S/c1-7-5-8(22-14(15,16)17)3-4-9(7)11-10(6-18)12(21)20-13(19-11)23-2/h3-5H,1-2H3,(H,19,20,21). The Morgan fingerprint density at radius 3 is 2.61 bits per heavy atom. The molecule has 9 heteroatoms. The van der Waals surface area contributed by atoms with Crippen molar-refractivity contribution in [1.29, 1.82) is 5.26 Å². The summed E-state index contributed by atoms with van der Waals surface area (Å²) in [4.78, 5) is 18.5. The highest BCUT2D eigenvalue weighted by Gasteiger charge is 2.31. The zero-order valence-corrected chi connectivity index (χ0v) is 12.8. The molecular weight excluding hydrogens is 331 g/mol. The third-order valence-corrected chi connectivity index (χ3v) is 3.47. The fourth-order valence-corrected chi connectivity index (χ4v) is 2.32. The molecule has 0 amide bonds. The average Bonchev–Trinajstić information content (AvgIpc) is 2.44. The molecule has 0 unspecified atom stereocenters. The minimum absolute atomic E-state index is 0.122. The molecule has 23 heavy (non-hydrogen) atoms. The first kappa shape index (κ1) is 16.9. The van der Waals surface area contributed by atoms with E-state index < -0.39 is 11.9 Å². The molecule has 0 atom stereocenters. The molecule has 120 valence electrons. The summed E-state index contributed by atoms with van der Waals surface area (Å²) in [6.07, 6.45) is -3.10. The number of nitriles is 1. The summed E-state index contributed by atoms with van der Waals surface area (Å²) >= 11 is 1.18. The zero-order valence-electron chi connectivity index (χ0n) is 12.0. The van der Waals surface area contributed by atoms with E-state index in [9.17, 15) is 18.0 Å². The molecule has 0 aliphatic carbocycles. The normalized spacial score (nSPS) is 11.1. The maximum atomic E-state index is 12.2. The van der Waals surface area contributed by atoms with Crippen molar-refractivity contribution >= 4 is 11.8 Å². The Bertz CT molecular complexity index is 841. The van der Waals surface area contributed by atoms with Crippen LogP contribution in [-0.2, 0) is 0 Å². The fourth-order valence-electron chi connectivity index (χ4n) is 1.95. The highest BCUT2D eigenvalue weighted by Crippen LogP contribution is 2.30. The molecule has 1 heterocycles. The van der Waals surface area contributed by atoms with E-state index in [1.165, 1.54) is 23.9 Å². The Kier molecular flexibility index (Phi) is 4.65. The summed E-state index contributed by atoms with van der Waals surface area (Å²) in [7, 11) is 0. The number of alkyl halides is 3. The Morgan fingerprint density at radius 2 is 2.09 bits per heavy atom. The molecule has 0 spiro atoms. The van der Waals surface area contributed by atoms with E-state index in [1.54, 1.807) is 19.2 Å². The molecule has 0 aliphatic rings. The number of benzene rings is 1. The van der Waals surface area contributed by atoms with Crippen molar-refractivity contribution < 1.29 is 17.9 Å². The predicted molar refractivity (Wildman–Crippen MR) is 78.2 cm³/mol. The molecule has 2 rings (SSSR count). The van der Waals surface area contributed by atoms with Gasteiger partial charge in [0.15, 0.2) is 5.16 Å². The Labute approximate surface area is 133 Å². The molecule has 0 fully saturated rings. The first-order chi connectivity index (χ1) is 10.7. The van der Waals surface area contributed by atoms with Crippen molar-refractivity contribution in [1.82, 2.24) is 9.97 Å². The predicted octanol–water partition coefficient (Wildman–Crippen LogP) is 3.24. The van der Waals surface area contributed by atoms with Gasteiger partial charge in [-0.15, -0.1) is 13.2 Å². The quantitative estimate of drug-likeness (QED) is 0.685. The summed E-state index contributed by atoms with van der Waals surface area (Å²) in [5.41, 5.74) is 0.106. The number of nitrogens with zero attached hydrogens (tertiary/aromatic N) is 2. The lowest BCUT2D eigenvalue weighted by atomic mass is 10.0. The molecule has 0 saturated carbocycles. The highest BCUT2D eigenvalue weighted by molar-refractivity contribution is 7.98. The van der Waals surface area contributed by atoms with Crippen LogP contribution in [0.15, 0.2) is 28.2 Å². The van der Waals surface area contributed by atoms with Gasteiger partial charge in [-0.3, -0.25) is 4.79 Å². The van der Waals surface area contributed by atoms with E-state index in [4.69, 9.17) is 5.26 Å². The number of rotatable bonds is 3. The number of aryl methyl sites for hydroxylation is 1. The smallest absolute Gasteiger partial charge is 0.406 e. The van der Waals surface area contributed by atoms with Crippen molar-refractivity contribution in [3.8, 4) is 23.1 Å². The topological polar surface area (TPSA) is 78.8 Å². The lowest BCUT2D eigenvalue weighted by Crippen LogP contribution is -2.17. The van der Waals surface area contributed by atoms with Gasteiger partial charge in [0.1, 0.15) is 17.4 Å². The second-order valence-corrected chi connectivity index (χ2v) is 5.23. The monoisotopic (exact) mass is 341 g/mol. The van der Waals surface area contributed by atoms with Gasteiger partial charge in [-0.25, -0.2) is 4.98 Å². The molecule has 0 bridgehead atoms. The van der Waals surface area contributed by atoms with E-state index in [0.29, 0.717) is 16.3 Å². The summed E-state index contributed by atoms with van der Waals surface area (Å²) in [5.74, 6) is -0.382. The van der Waals surface area contributed by atoms with Crippen LogP contribution >= 0.6 is 11.8 Å². The fraction of sp³-hybridized carbons (Fsp3) is 0.214. The summed E-state index contributed by atoms with van der Waals surface area (Å²) < 4.78 is 40.6. The van der Waals surface area contributed by atoms with E-state index in [0.717, 1.165) is 6.07 Å². The van der Waals surface area contributed by atoms with Gasteiger partial charge < -0.3 is 9.72 Å². The molecule has 0 saturated heterocycles. The number of thioether (sulfide) groups is 1. The molecule has 2 aromatic rings. The summed E-state index contributed by atoms with van der Waals surface area (Å²) in [6.45, 7) is 1.54. The van der Waals surface area contributed by atoms with Crippen molar-refractivity contribution in [3.05, 3.63) is 39.7 Å². The van der Waals surface area contributed by atoms with E-state index in [2.05, 4.69) is 14.7 Å². The molecule has 1 N–H and O–H groups in total. The number of aromatic amines is 1. The molecular formula is C14H10F3N3O2S. The van der Waals surface area contributed by atoms with Gasteiger partial charge in [-0.05, 0) is 36.9 Å². The van der Waals surface area contributed by atoms with Crippen molar-refractivity contribution in [2.45, 2.75) is 18.4 Å². The molecule has 0 radical (unpaired) electrons. The van der Waals surface area contributed by atoms with Crippen molar-refractivity contribution in [2.24, 2.45) is 0 Å². The maximum absolute atomic E-state index is 12.2. The van der Waals surface area contributed by atoms with Crippen LogP contribution in [0.1, 0.15) is 11.1 Å². The van der Waals surface area contributed by atoms with E-state index in [-0.39, 0.29) is 17.0 Å². The van der Waals surface area contributed by atoms with Gasteiger partial charge in [0.25, 0.3) is 5.56 Å². The van der Waals surface area contributed by atoms with Crippen LogP contribution in [0.25, 0.3) is 11.3 Å². The summed E-state index contributed by atoms with van der Waals surface area (Å²) in [6, 6.07) is 5.39. The number of hydrogen-bond acceptors (Lipinski definition) is 5. The number of aromatic nitrogens is 2. The Balaban J connectivity index is 2.57. The van der Waals surface area contributed by atoms with Crippen LogP contribution < -0.4 is 10.3 Å². The molecule has 1 aromatic carbocycles. The number of H-pyrrole nitrogens is 1. The van der Waals surface area contributed by atoms with Crippen molar-refractivity contribution in [2.75, 3.05) is 6.26 Å². The van der Waals surface area contributed by atoms with Crippen LogP contribution in [0.3, 0.4) is 0 Å². The van der Waals surface area contributed by atoms with Crippen LogP contribution in [0.2, 0.25) is 0 Å². The minimum atomic E-state index is -4.79. The third kappa shape index (κ3) is 3.84. The van der Waals surface area contributed by atoms with Crippen LogP contribution in [-0.4, -0.2) is 22.6 Å². The number of nitrogens with one attached hydrogen (secondary N) is 1.